The van der Waals surface area contributed by atoms with Crippen molar-refractivity contribution in [1.29, 1.82) is 5.26 Å². The van der Waals surface area contributed by atoms with Crippen molar-refractivity contribution in [2.24, 2.45) is 5.73 Å². The van der Waals surface area contributed by atoms with Crippen LogP contribution >= 0.6 is 0 Å². The maximum Gasteiger partial charge on any atom is 0.310 e. The second-order valence-electron chi connectivity index (χ2n) is 9.35. The van der Waals surface area contributed by atoms with E-state index in [9.17, 15) is 10.1 Å². The molecular weight excluding hydrogens is 515 g/mol. The largest absolute Gasteiger partial charge is 0.489 e. The van der Waals surface area contributed by atoms with Crippen LogP contribution in [0.3, 0.4) is 0 Å². The Morgan fingerprint density at radius 3 is 2.60 bits per heavy atom. The van der Waals surface area contributed by atoms with Crippen LogP contribution in [-0.4, -0.2) is 32.9 Å². The fourth-order valence-corrected chi connectivity index (χ4v) is 4.47. The molecule has 0 aliphatic carbocycles. The third-order valence-electron chi connectivity index (χ3n) is 6.26. The number of rotatable bonds is 12. The Bertz CT molecular complexity index is 1540. The predicted octanol–water partition coefficient (Wildman–Crippen LogP) is 5.42. The van der Waals surface area contributed by atoms with Crippen molar-refractivity contribution < 1.29 is 32.5 Å². The zero-order valence-corrected chi connectivity index (χ0v) is 22.7. The van der Waals surface area contributed by atoms with Crippen LogP contribution in [0.25, 0.3) is 22.1 Å². The highest BCUT2D eigenvalue weighted by atomic mass is 19.1. The van der Waals surface area contributed by atoms with E-state index in [-0.39, 0.29) is 32.8 Å². The number of halogens is 1. The molecule has 8 nitrogen and oxygen atoms in total. The minimum absolute atomic E-state index is 0.0431. The predicted molar refractivity (Wildman–Crippen MR) is 147 cm³/mol. The third-order valence-corrected chi connectivity index (χ3v) is 6.26. The van der Waals surface area contributed by atoms with Crippen LogP contribution in [0.5, 0.6) is 5.75 Å². The fraction of sp³-hybridized carbons (Fsp3) is 0.290. The van der Waals surface area contributed by atoms with Gasteiger partial charge in [-0.15, -0.1) is 0 Å². The Balaban J connectivity index is 1.68. The number of hydrogen-bond donors (Lipinski definition) is 1. The highest BCUT2D eigenvalue weighted by Crippen LogP contribution is 2.35. The van der Waals surface area contributed by atoms with Gasteiger partial charge in [-0.25, -0.2) is 4.39 Å². The van der Waals surface area contributed by atoms with Gasteiger partial charge in [-0.05, 0) is 42.8 Å². The topological polar surface area (TPSA) is 117 Å². The van der Waals surface area contributed by atoms with Gasteiger partial charge in [0, 0.05) is 48.4 Å². The monoisotopic (exact) mass is 546 g/mol. The van der Waals surface area contributed by atoms with Crippen molar-refractivity contribution in [2.45, 2.75) is 39.2 Å². The molecule has 0 bridgehead atoms. The summed E-state index contributed by atoms with van der Waals surface area (Å²) in [5.41, 5.74) is 9.25. The molecule has 9 heteroatoms. The van der Waals surface area contributed by atoms with E-state index < -0.39 is 17.9 Å². The summed E-state index contributed by atoms with van der Waals surface area (Å²) < 4.78 is 43.1. The van der Waals surface area contributed by atoms with E-state index >= 15 is 4.39 Å². The quantitative estimate of drug-likeness (QED) is 0.234. The van der Waals surface area contributed by atoms with Crippen LogP contribution in [0.4, 0.5) is 4.39 Å². The molecule has 0 amide bonds. The summed E-state index contributed by atoms with van der Waals surface area (Å²) in [5.74, 6) is 0.111. The summed E-state index contributed by atoms with van der Waals surface area (Å²) in [5, 5.41) is 10.2. The van der Waals surface area contributed by atoms with Crippen LogP contribution in [0.1, 0.15) is 34.9 Å². The molecule has 0 aliphatic rings. The summed E-state index contributed by atoms with van der Waals surface area (Å²) in [6.45, 7) is 2.43. The maximum absolute atomic E-state index is 15.4. The number of nitriles is 1. The number of ether oxygens (including phenoxy) is 4. The number of benzene rings is 3. The molecular formula is C31H31FN2O6. The number of carbonyl (C=O) groups is 1. The number of esters is 1. The van der Waals surface area contributed by atoms with Gasteiger partial charge in [0.05, 0.1) is 24.7 Å². The summed E-state index contributed by atoms with van der Waals surface area (Å²) in [4.78, 5) is 12.5. The van der Waals surface area contributed by atoms with Gasteiger partial charge >= 0.3 is 5.97 Å². The van der Waals surface area contributed by atoms with E-state index in [2.05, 4.69) is 6.07 Å². The second-order valence-corrected chi connectivity index (χ2v) is 9.35. The van der Waals surface area contributed by atoms with E-state index in [1.165, 1.54) is 7.11 Å². The number of furan rings is 1. The van der Waals surface area contributed by atoms with Gasteiger partial charge < -0.3 is 29.1 Å². The number of nitrogens with two attached hydrogens (primary N) is 1. The molecule has 1 unspecified atom stereocenters. The first-order chi connectivity index (χ1) is 19.4. The zero-order valence-electron chi connectivity index (χ0n) is 22.7. The molecule has 0 saturated heterocycles. The van der Waals surface area contributed by atoms with Crippen molar-refractivity contribution in [2.75, 3.05) is 20.8 Å². The highest BCUT2D eigenvalue weighted by molar-refractivity contribution is 5.94. The minimum Gasteiger partial charge on any atom is -0.489 e. The molecule has 3 aromatic carbocycles. The first-order valence-electron chi connectivity index (χ1n) is 12.7. The average molecular weight is 547 g/mol. The first-order valence-corrected chi connectivity index (χ1v) is 12.7. The summed E-state index contributed by atoms with van der Waals surface area (Å²) >= 11 is 0. The van der Waals surface area contributed by atoms with Gasteiger partial charge in [-0.3, -0.25) is 4.79 Å². The minimum atomic E-state index is -0.442. The van der Waals surface area contributed by atoms with E-state index in [0.717, 1.165) is 10.9 Å². The normalized spacial score (nSPS) is 11.8. The number of nitrogens with zero attached hydrogens (tertiary/aromatic N) is 1. The van der Waals surface area contributed by atoms with Crippen molar-refractivity contribution >= 4 is 16.9 Å². The van der Waals surface area contributed by atoms with E-state index in [0.29, 0.717) is 44.9 Å². The van der Waals surface area contributed by atoms with Crippen LogP contribution in [-0.2, 0) is 45.2 Å². The van der Waals surface area contributed by atoms with Crippen LogP contribution in [0.2, 0.25) is 0 Å². The lowest BCUT2D eigenvalue weighted by Gasteiger charge is -2.15. The Kier molecular flexibility index (Phi) is 9.51. The van der Waals surface area contributed by atoms with Crippen molar-refractivity contribution in [3.05, 3.63) is 88.4 Å². The van der Waals surface area contributed by atoms with E-state index in [1.807, 2.05) is 12.1 Å². The number of hydrogen-bond acceptors (Lipinski definition) is 8. The Labute approximate surface area is 232 Å². The molecule has 208 valence electrons. The lowest BCUT2D eigenvalue weighted by atomic mass is 9.98. The molecule has 2 N–H and O–H groups in total. The van der Waals surface area contributed by atoms with E-state index in [4.69, 9.17) is 29.1 Å². The molecule has 0 saturated carbocycles. The van der Waals surface area contributed by atoms with Crippen molar-refractivity contribution in [3.63, 3.8) is 0 Å². The zero-order chi connectivity index (χ0) is 28.6. The van der Waals surface area contributed by atoms with Crippen LogP contribution < -0.4 is 10.5 Å². The third kappa shape index (κ3) is 6.66. The highest BCUT2D eigenvalue weighted by Gasteiger charge is 2.18. The molecule has 4 rings (SSSR count). The van der Waals surface area contributed by atoms with Gasteiger partial charge in [0.2, 0.25) is 0 Å². The number of methoxy groups -OCH3 is 2. The first kappa shape index (κ1) is 28.8. The molecule has 4 aromatic rings. The van der Waals surface area contributed by atoms with Gasteiger partial charge in [-0.1, -0.05) is 24.3 Å². The van der Waals surface area contributed by atoms with Gasteiger partial charge in [-0.2, -0.15) is 5.26 Å². The lowest BCUT2D eigenvalue weighted by molar-refractivity contribution is -0.149. The van der Waals surface area contributed by atoms with E-state index in [1.54, 1.807) is 56.5 Å². The maximum atomic E-state index is 15.4. The molecule has 0 radical (unpaired) electrons. The standard InChI is InChI=1S/C31H31FN2O6/c1-19(16-36-2)39-29(35)13-22-8-7-20(14-33)11-28(22)38-17-21-9-24-12-25(18-37-3)40-31(24)27(10-21)26-6-4-5-23(15-34)30(26)32/h4-12,19H,13,15-18,34H2,1-3H3. The molecule has 1 atom stereocenters. The van der Waals surface area contributed by atoms with Crippen LogP contribution in [0, 0.1) is 17.1 Å². The van der Waals surface area contributed by atoms with Gasteiger partial charge in [0.15, 0.2) is 0 Å². The Morgan fingerprint density at radius 1 is 1.05 bits per heavy atom. The second kappa shape index (κ2) is 13.2. The molecule has 1 aromatic heterocycles. The molecule has 0 aliphatic heterocycles. The smallest absolute Gasteiger partial charge is 0.310 e. The van der Waals surface area contributed by atoms with Crippen LogP contribution in [0.15, 0.2) is 59.0 Å². The molecule has 0 fully saturated rings. The Morgan fingerprint density at radius 2 is 1.88 bits per heavy atom. The molecule has 40 heavy (non-hydrogen) atoms. The van der Waals surface area contributed by atoms with Crippen molar-refractivity contribution in [3.8, 4) is 22.9 Å². The Hall–Kier alpha value is -4.23. The summed E-state index contributed by atoms with van der Waals surface area (Å²) in [7, 11) is 3.10. The number of fused-ring (bicyclic) bond motifs is 1. The van der Waals surface area contributed by atoms with Crippen molar-refractivity contribution in [1.82, 2.24) is 0 Å². The lowest BCUT2D eigenvalue weighted by Crippen LogP contribution is -2.21. The summed E-state index contributed by atoms with van der Waals surface area (Å²) in [6.07, 6.45) is -0.444. The molecule has 0 spiro atoms. The SMILES string of the molecule is COCc1cc2cc(COc3cc(C#N)ccc3CC(=O)OC(C)COC)cc(-c3cccc(CN)c3F)c2o1. The number of carbonyl (C=O) groups excluding carboxylic acids is 1. The average Bonchev–Trinajstić information content (AvgIpc) is 3.35. The van der Waals surface area contributed by atoms with Gasteiger partial charge in [0.25, 0.3) is 0 Å². The molecule has 1 heterocycles. The van der Waals surface area contributed by atoms with Gasteiger partial charge in [0.1, 0.15) is 42.2 Å². The summed E-state index contributed by atoms with van der Waals surface area (Å²) in [6, 6.07) is 17.6. The fourth-order valence-electron chi connectivity index (χ4n) is 4.47.